The largest absolute Gasteiger partial charge is 0.460 e. The molecule has 8 heteroatoms. The molecule has 3 N–H and O–H groups in total. The Morgan fingerprint density at radius 3 is 3.05 bits per heavy atom. The van der Waals surface area contributed by atoms with Gasteiger partial charge in [-0.2, -0.15) is 0 Å². The smallest absolute Gasteiger partial charge is 0.302 e. The number of esters is 1. The highest BCUT2D eigenvalue weighted by Gasteiger charge is 2.30. The van der Waals surface area contributed by atoms with Gasteiger partial charge in [-0.15, -0.1) is 0 Å². The van der Waals surface area contributed by atoms with Crippen molar-refractivity contribution in [3.05, 3.63) is 28.4 Å². The van der Waals surface area contributed by atoms with Gasteiger partial charge in [0, 0.05) is 25.7 Å². The molecule has 1 fully saturated rings. The zero-order valence-electron chi connectivity index (χ0n) is 10.3. The Kier molecular flexibility index (Phi) is 3.61. The lowest BCUT2D eigenvalue weighted by atomic mass is 10.2. The van der Waals surface area contributed by atoms with E-state index < -0.39 is 17.6 Å². The van der Waals surface area contributed by atoms with Gasteiger partial charge in [0.2, 0.25) is 0 Å². The first-order valence-corrected chi connectivity index (χ1v) is 5.69. The lowest BCUT2D eigenvalue weighted by Gasteiger charge is -2.13. The van der Waals surface area contributed by atoms with Crippen LogP contribution in [0, 0.1) is 5.41 Å². The van der Waals surface area contributed by atoms with Crippen molar-refractivity contribution in [2.75, 3.05) is 6.61 Å². The molecule has 1 aromatic rings. The van der Waals surface area contributed by atoms with Crippen LogP contribution >= 0.6 is 0 Å². The minimum absolute atomic E-state index is 0.123. The van der Waals surface area contributed by atoms with E-state index in [1.165, 1.54) is 23.9 Å². The fourth-order valence-corrected chi connectivity index (χ4v) is 1.93. The highest BCUT2D eigenvalue weighted by Crippen LogP contribution is 2.24. The average Bonchev–Trinajstić information content (AvgIpc) is 2.76. The molecule has 0 spiro atoms. The van der Waals surface area contributed by atoms with Gasteiger partial charge in [0.25, 0.3) is 5.56 Å². The minimum Gasteiger partial charge on any atom is -0.460 e. The van der Waals surface area contributed by atoms with Crippen LogP contribution in [0.25, 0.3) is 0 Å². The number of nitrogens with two attached hydrogens (primary N) is 1. The maximum Gasteiger partial charge on any atom is 0.302 e. The third-order valence-electron chi connectivity index (χ3n) is 2.71. The average molecular weight is 266 g/mol. The number of carbonyl (C=O) groups excluding carboxylic acids is 1. The van der Waals surface area contributed by atoms with Crippen LogP contribution in [0.5, 0.6) is 0 Å². The molecule has 1 aliphatic heterocycles. The molecule has 0 amide bonds. The van der Waals surface area contributed by atoms with Crippen LogP contribution in [-0.4, -0.2) is 34.1 Å². The standard InChI is InChI=1S/C11H14N4O4/c1-6(16)19-7-4-8(18-5-7)15-3-2-14-9(10(12)13)11(15)17/h2-3,7-8H,4-5H2,1H3,(H3,12,13). The van der Waals surface area contributed by atoms with E-state index in [2.05, 4.69) is 4.98 Å². The number of carbonyl (C=O) groups is 1. The summed E-state index contributed by atoms with van der Waals surface area (Å²) in [7, 11) is 0. The van der Waals surface area contributed by atoms with Crippen molar-refractivity contribution in [1.82, 2.24) is 9.55 Å². The lowest BCUT2D eigenvalue weighted by molar-refractivity contribution is -0.146. The van der Waals surface area contributed by atoms with E-state index in [0.717, 1.165) is 0 Å². The van der Waals surface area contributed by atoms with Crippen molar-refractivity contribution in [3.8, 4) is 0 Å². The molecule has 1 aromatic heterocycles. The number of amidine groups is 1. The molecule has 19 heavy (non-hydrogen) atoms. The Labute approximate surface area is 108 Å². The summed E-state index contributed by atoms with van der Waals surface area (Å²) in [4.78, 5) is 26.6. The Bertz CT molecular complexity index is 568. The summed E-state index contributed by atoms with van der Waals surface area (Å²) < 4.78 is 11.7. The Morgan fingerprint density at radius 1 is 1.68 bits per heavy atom. The van der Waals surface area contributed by atoms with E-state index in [4.69, 9.17) is 20.6 Å². The summed E-state index contributed by atoms with van der Waals surface area (Å²) in [5.74, 6) is -0.783. The third-order valence-corrected chi connectivity index (χ3v) is 2.71. The number of hydrogen-bond donors (Lipinski definition) is 2. The summed E-state index contributed by atoms with van der Waals surface area (Å²) in [5.41, 5.74) is 4.65. The summed E-state index contributed by atoms with van der Waals surface area (Å²) in [6.45, 7) is 1.55. The van der Waals surface area contributed by atoms with E-state index >= 15 is 0 Å². The lowest BCUT2D eigenvalue weighted by Crippen LogP contribution is -2.33. The van der Waals surface area contributed by atoms with E-state index in [0.29, 0.717) is 6.42 Å². The molecule has 0 radical (unpaired) electrons. The van der Waals surface area contributed by atoms with Crippen molar-refractivity contribution in [2.24, 2.45) is 5.73 Å². The number of nitrogen functional groups attached to an aromatic ring is 1. The second kappa shape index (κ2) is 5.19. The van der Waals surface area contributed by atoms with Gasteiger partial charge in [-0.05, 0) is 0 Å². The number of nitrogens with one attached hydrogen (secondary N) is 1. The van der Waals surface area contributed by atoms with Gasteiger partial charge in [0.05, 0.1) is 6.61 Å². The van der Waals surface area contributed by atoms with E-state index in [-0.39, 0.29) is 24.4 Å². The maximum absolute atomic E-state index is 12.0. The first-order chi connectivity index (χ1) is 8.99. The zero-order chi connectivity index (χ0) is 14.0. The predicted octanol–water partition coefficient (Wildman–Crippen LogP) is -0.622. The van der Waals surface area contributed by atoms with Crippen molar-refractivity contribution < 1.29 is 14.3 Å². The summed E-state index contributed by atoms with van der Waals surface area (Å²) in [6.07, 6.45) is 2.29. The monoisotopic (exact) mass is 266 g/mol. The summed E-state index contributed by atoms with van der Waals surface area (Å²) in [5, 5.41) is 7.27. The normalized spacial score (nSPS) is 22.2. The first kappa shape index (κ1) is 13.2. The predicted molar refractivity (Wildman–Crippen MR) is 64.7 cm³/mol. The van der Waals surface area contributed by atoms with E-state index in [1.54, 1.807) is 0 Å². The van der Waals surface area contributed by atoms with Crippen LogP contribution in [0.3, 0.4) is 0 Å². The fourth-order valence-electron chi connectivity index (χ4n) is 1.93. The van der Waals surface area contributed by atoms with Gasteiger partial charge in [-0.25, -0.2) is 4.98 Å². The number of rotatable bonds is 3. The van der Waals surface area contributed by atoms with Crippen molar-refractivity contribution in [1.29, 1.82) is 5.41 Å². The highest BCUT2D eigenvalue weighted by atomic mass is 16.6. The molecule has 2 atom stereocenters. The Hall–Kier alpha value is -2.22. The van der Waals surface area contributed by atoms with Gasteiger partial charge in [-0.3, -0.25) is 19.6 Å². The SMILES string of the molecule is CC(=O)OC1COC(n2ccnc(C(=N)N)c2=O)C1. The van der Waals surface area contributed by atoms with Gasteiger partial charge >= 0.3 is 5.97 Å². The van der Waals surface area contributed by atoms with Gasteiger partial charge in [0.1, 0.15) is 18.2 Å². The summed E-state index contributed by atoms with van der Waals surface area (Å²) in [6, 6.07) is 0. The molecular weight excluding hydrogens is 252 g/mol. The second-order valence-electron chi connectivity index (χ2n) is 4.16. The second-order valence-corrected chi connectivity index (χ2v) is 4.16. The Morgan fingerprint density at radius 2 is 2.42 bits per heavy atom. The van der Waals surface area contributed by atoms with Crippen LogP contribution in [0.2, 0.25) is 0 Å². The zero-order valence-corrected chi connectivity index (χ0v) is 10.3. The number of aromatic nitrogens is 2. The van der Waals surface area contributed by atoms with Crippen LogP contribution in [-0.2, 0) is 14.3 Å². The van der Waals surface area contributed by atoms with Gasteiger partial charge < -0.3 is 15.2 Å². The van der Waals surface area contributed by atoms with E-state index in [9.17, 15) is 9.59 Å². The van der Waals surface area contributed by atoms with Gasteiger partial charge in [0.15, 0.2) is 5.69 Å². The molecule has 2 rings (SSSR count). The quantitative estimate of drug-likeness (QED) is 0.427. The van der Waals surface area contributed by atoms with Crippen LogP contribution < -0.4 is 11.3 Å². The fraction of sp³-hybridized carbons (Fsp3) is 0.455. The van der Waals surface area contributed by atoms with Crippen molar-refractivity contribution in [2.45, 2.75) is 25.7 Å². The Balaban J connectivity index is 2.20. The molecule has 102 valence electrons. The molecule has 2 heterocycles. The third kappa shape index (κ3) is 2.79. The van der Waals surface area contributed by atoms with Crippen molar-refractivity contribution >= 4 is 11.8 Å². The van der Waals surface area contributed by atoms with Crippen molar-refractivity contribution in [3.63, 3.8) is 0 Å². The van der Waals surface area contributed by atoms with Crippen LogP contribution in [0.4, 0.5) is 0 Å². The summed E-state index contributed by atoms with van der Waals surface area (Å²) >= 11 is 0. The molecule has 2 unspecified atom stereocenters. The van der Waals surface area contributed by atoms with Crippen LogP contribution in [0.1, 0.15) is 25.3 Å². The number of nitrogens with zero attached hydrogens (tertiary/aromatic N) is 2. The molecule has 1 saturated heterocycles. The van der Waals surface area contributed by atoms with E-state index in [1.807, 2.05) is 0 Å². The van der Waals surface area contributed by atoms with Gasteiger partial charge in [-0.1, -0.05) is 0 Å². The molecule has 0 bridgehead atoms. The maximum atomic E-state index is 12.0. The highest BCUT2D eigenvalue weighted by molar-refractivity contribution is 5.92. The molecule has 0 aliphatic carbocycles. The topological polar surface area (TPSA) is 120 Å². The van der Waals surface area contributed by atoms with Crippen LogP contribution in [0.15, 0.2) is 17.2 Å². The molecule has 8 nitrogen and oxygen atoms in total. The first-order valence-electron chi connectivity index (χ1n) is 5.69. The molecule has 1 aliphatic rings. The minimum atomic E-state index is -0.544. The molecule has 0 saturated carbocycles. The number of hydrogen-bond acceptors (Lipinski definition) is 6. The number of ether oxygens (including phenoxy) is 2. The molecular formula is C11H14N4O4. The molecule has 0 aromatic carbocycles.